The minimum atomic E-state index is 0.0129. The van der Waals surface area contributed by atoms with E-state index in [9.17, 15) is 4.79 Å². The Labute approximate surface area is 107 Å². The molecule has 1 aliphatic rings. The molecule has 4 heteroatoms. The average Bonchev–Trinajstić information content (AvgIpc) is 2.72. The molecule has 17 heavy (non-hydrogen) atoms. The lowest BCUT2D eigenvalue weighted by atomic mass is 10.1. The van der Waals surface area contributed by atoms with Crippen LogP contribution in [0.15, 0.2) is 24.3 Å². The van der Waals surface area contributed by atoms with E-state index in [1.165, 1.54) is 0 Å². The SMILES string of the molecule is CCN(Cc1cccc(Cl)c1)[C@H]1CCNC1=O. The van der Waals surface area contributed by atoms with Gasteiger partial charge in [0.05, 0.1) is 6.04 Å². The van der Waals surface area contributed by atoms with Crippen molar-refractivity contribution in [3.63, 3.8) is 0 Å². The highest BCUT2D eigenvalue weighted by molar-refractivity contribution is 6.30. The summed E-state index contributed by atoms with van der Waals surface area (Å²) >= 11 is 5.96. The van der Waals surface area contributed by atoms with Crippen molar-refractivity contribution in [3.8, 4) is 0 Å². The summed E-state index contributed by atoms with van der Waals surface area (Å²) in [7, 11) is 0. The molecule has 0 aliphatic carbocycles. The lowest BCUT2D eigenvalue weighted by molar-refractivity contribution is -0.123. The quantitative estimate of drug-likeness (QED) is 0.890. The summed E-state index contributed by atoms with van der Waals surface area (Å²) in [5, 5.41) is 3.62. The van der Waals surface area contributed by atoms with Crippen molar-refractivity contribution in [2.45, 2.75) is 25.9 Å². The zero-order valence-corrected chi connectivity index (χ0v) is 10.7. The number of nitrogens with one attached hydrogen (secondary N) is 1. The maximum Gasteiger partial charge on any atom is 0.237 e. The molecule has 1 aromatic carbocycles. The number of nitrogens with zero attached hydrogens (tertiary/aromatic N) is 1. The standard InChI is InChI=1S/C13H17ClN2O/c1-2-16(12-6-7-15-13(12)17)9-10-4-3-5-11(14)8-10/h3-5,8,12H,2,6-7,9H2,1H3,(H,15,17)/t12-/m0/s1. The van der Waals surface area contributed by atoms with E-state index >= 15 is 0 Å². The molecule has 0 bridgehead atoms. The van der Waals surface area contributed by atoms with E-state index < -0.39 is 0 Å². The van der Waals surface area contributed by atoms with Gasteiger partial charge in [0.25, 0.3) is 0 Å². The Morgan fingerprint density at radius 3 is 2.94 bits per heavy atom. The first-order chi connectivity index (χ1) is 8.20. The predicted molar refractivity (Wildman–Crippen MR) is 69.0 cm³/mol. The number of hydrogen-bond acceptors (Lipinski definition) is 2. The van der Waals surface area contributed by atoms with Crippen LogP contribution in [-0.4, -0.2) is 29.9 Å². The number of halogens is 1. The summed E-state index contributed by atoms with van der Waals surface area (Å²) in [5.74, 6) is 0.147. The van der Waals surface area contributed by atoms with Crippen LogP contribution >= 0.6 is 11.6 Å². The van der Waals surface area contributed by atoms with Crippen molar-refractivity contribution in [1.29, 1.82) is 0 Å². The first-order valence-electron chi connectivity index (χ1n) is 5.97. The van der Waals surface area contributed by atoms with Gasteiger partial charge in [0, 0.05) is 18.1 Å². The van der Waals surface area contributed by atoms with Gasteiger partial charge in [-0.15, -0.1) is 0 Å². The smallest absolute Gasteiger partial charge is 0.237 e. The highest BCUT2D eigenvalue weighted by Gasteiger charge is 2.29. The Hall–Kier alpha value is -1.06. The van der Waals surface area contributed by atoms with E-state index in [-0.39, 0.29) is 11.9 Å². The Morgan fingerprint density at radius 1 is 1.53 bits per heavy atom. The van der Waals surface area contributed by atoms with Crippen molar-refractivity contribution in [1.82, 2.24) is 10.2 Å². The van der Waals surface area contributed by atoms with Crippen molar-refractivity contribution in [3.05, 3.63) is 34.9 Å². The van der Waals surface area contributed by atoms with Gasteiger partial charge >= 0.3 is 0 Å². The summed E-state index contributed by atoms with van der Waals surface area (Å²) in [5.41, 5.74) is 1.15. The van der Waals surface area contributed by atoms with Gasteiger partial charge in [-0.25, -0.2) is 0 Å². The van der Waals surface area contributed by atoms with Crippen LogP contribution in [0.3, 0.4) is 0 Å². The van der Waals surface area contributed by atoms with Gasteiger partial charge < -0.3 is 5.32 Å². The molecular formula is C13H17ClN2O. The zero-order chi connectivity index (χ0) is 12.3. The van der Waals surface area contributed by atoms with Crippen LogP contribution in [0, 0.1) is 0 Å². The number of benzene rings is 1. The van der Waals surface area contributed by atoms with Crippen molar-refractivity contribution < 1.29 is 4.79 Å². The summed E-state index contributed by atoms with van der Waals surface area (Å²) < 4.78 is 0. The molecule has 0 unspecified atom stereocenters. The molecule has 1 aromatic rings. The van der Waals surface area contributed by atoms with Crippen molar-refractivity contribution in [2.75, 3.05) is 13.1 Å². The van der Waals surface area contributed by atoms with Gasteiger partial charge in [0.2, 0.25) is 5.91 Å². The summed E-state index contributed by atoms with van der Waals surface area (Å²) in [6, 6.07) is 7.82. The van der Waals surface area contributed by atoms with Crippen molar-refractivity contribution in [2.24, 2.45) is 0 Å². The molecule has 1 N–H and O–H groups in total. The monoisotopic (exact) mass is 252 g/mol. The second kappa shape index (κ2) is 5.52. The third kappa shape index (κ3) is 2.99. The largest absolute Gasteiger partial charge is 0.355 e. The molecule has 1 aliphatic heterocycles. The highest BCUT2D eigenvalue weighted by atomic mass is 35.5. The minimum Gasteiger partial charge on any atom is -0.355 e. The zero-order valence-electron chi connectivity index (χ0n) is 9.95. The molecule has 1 saturated heterocycles. The second-order valence-electron chi connectivity index (χ2n) is 4.29. The maximum atomic E-state index is 11.7. The Kier molecular flexibility index (Phi) is 4.02. The minimum absolute atomic E-state index is 0.0129. The molecule has 0 spiro atoms. The van der Waals surface area contributed by atoms with Crippen LogP contribution in [0.1, 0.15) is 18.9 Å². The van der Waals surface area contributed by atoms with Crippen LogP contribution in [0.2, 0.25) is 5.02 Å². The van der Waals surface area contributed by atoms with Gasteiger partial charge in [0.15, 0.2) is 0 Å². The number of likely N-dealkylation sites (N-methyl/N-ethyl adjacent to an activating group) is 1. The predicted octanol–water partition coefficient (Wildman–Crippen LogP) is 2.05. The number of carbonyl (C=O) groups is 1. The Bertz CT molecular complexity index is 408. The van der Waals surface area contributed by atoms with Gasteiger partial charge in [-0.05, 0) is 30.7 Å². The van der Waals surface area contributed by atoms with Crippen LogP contribution in [0.4, 0.5) is 0 Å². The lowest BCUT2D eigenvalue weighted by Gasteiger charge is -2.25. The molecule has 92 valence electrons. The number of rotatable bonds is 4. The van der Waals surface area contributed by atoms with Gasteiger partial charge in [-0.2, -0.15) is 0 Å². The van der Waals surface area contributed by atoms with E-state index in [0.29, 0.717) is 0 Å². The van der Waals surface area contributed by atoms with E-state index in [1.54, 1.807) is 0 Å². The molecule has 1 amide bonds. The fourth-order valence-corrected chi connectivity index (χ4v) is 2.45. The third-order valence-corrected chi connectivity index (χ3v) is 3.38. The first-order valence-corrected chi connectivity index (χ1v) is 6.34. The molecule has 1 atom stereocenters. The van der Waals surface area contributed by atoms with Crippen LogP contribution in [0.25, 0.3) is 0 Å². The summed E-state index contributed by atoms with van der Waals surface area (Å²) in [6.07, 6.45) is 0.896. The lowest BCUT2D eigenvalue weighted by Crippen LogP contribution is -2.40. The third-order valence-electron chi connectivity index (χ3n) is 3.14. The summed E-state index contributed by atoms with van der Waals surface area (Å²) in [4.78, 5) is 13.8. The molecule has 3 nitrogen and oxygen atoms in total. The molecule has 2 rings (SSSR count). The Balaban J connectivity index is 2.07. The van der Waals surface area contributed by atoms with Gasteiger partial charge in [-0.1, -0.05) is 30.7 Å². The van der Waals surface area contributed by atoms with Crippen LogP contribution < -0.4 is 5.32 Å². The molecule has 1 fully saturated rings. The van der Waals surface area contributed by atoms with E-state index in [2.05, 4.69) is 17.1 Å². The molecule has 1 heterocycles. The van der Waals surface area contributed by atoms with Crippen LogP contribution in [0.5, 0.6) is 0 Å². The topological polar surface area (TPSA) is 32.3 Å². The van der Waals surface area contributed by atoms with Crippen molar-refractivity contribution >= 4 is 17.5 Å². The normalized spacial score (nSPS) is 19.7. The molecule has 0 saturated carbocycles. The highest BCUT2D eigenvalue weighted by Crippen LogP contribution is 2.16. The molecule has 0 aromatic heterocycles. The maximum absolute atomic E-state index is 11.7. The second-order valence-corrected chi connectivity index (χ2v) is 4.72. The number of hydrogen-bond donors (Lipinski definition) is 1. The van der Waals surface area contributed by atoms with E-state index in [0.717, 1.165) is 36.6 Å². The first kappa shape index (κ1) is 12.4. The number of carbonyl (C=O) groups excluding carboxylic acids is 1. The van der Waals surface area contributed by atoms with Crippen LogP contribution in [-0.2, 0) is 11.3 Å². The fraction of sp³-hybridized carbons (Fsp3) is 0.462. The Morgan fingerprint density at radius 2 is 2.35 bits per heavy atom. The van der Waals surface area contributed by atoms with E-state index in [4.69, 9.17) is 11.6 Å². The molecule has 0 radical (unpaired) electrons. The average molecular weight is 253 g/mol. The van der Waals surface area contributed by atoms with Gasteiger partial charge in [-0.3, -0.25) is 9.69 Å². The van der Waals surface area contributed by atoms with Gasteiger partial charge in [0.1, 0.15) is 0 Å². The van der Waals surface area contributed by atoms with E-state index in [1.807, 2.05) is 24.3 Å². The fourth-order valence-electron chi connectivity index (χ4n) is 2.24. The molecular weight excluding hydrogens is 236 g/mol. The number of amides is 1. The summed E-state index contributed by atoms with van der Waals surface area (Å²) in [6.45, 7) is 4.51.